The van der Waals surface area contributed by atoms with Gasteiger partial charge in [0.15, 0.2) is 0 Å². The van der Waals surface area contributed by atoms with Gasteiger partial charge < -0.3 is 5.53 Å². The van der Waals surface area contributed by atoms with Crippen LogP contribution < -0.4 is 0 Å². The van der Waals surface area contributed by atoms with Crippen molar-refractivity contribution in [3.63, 3.8) is 0 Å². The fourth-order valence-electron chi connectivity index (χ4n) is 0.440. The van der Waals surface area contributed by atoms with E-state index in [9.17, 15) is 9.36 Å². The van der Waals surface area contributed by atoms with Crippen molar-refractivity contribution < 1.29 is 19.0 Å². The van der Waals surface area contributed by atoms with Crippen LogP contribution in [0.5, 0.6) is 0 Å². The van der Waals surface area contributed by atoms with E-state index in [0.29, 0.717) is 0 Å². The highest BCUT2D eigenvalue weighted by Crippen LogP contribution is 2.17. The molecule has 0 aliphatic rings. The zero-order valence-electron chi connectivity index (χ0n) is 6.18. The second kappa shape index (κ2) is 4.09. The third-order valence-corrected chi connectivity index (χ3v) is 1.69. The van der Waals surface area contributed by atoms with Crippen LogP contribution in [0.3, 0.4) is 0 Å². The van der Waals surface area contributed by atoms with E-state index in [0.717, 1.165) is 0 Å². The lowest BCUT2D eigenvalue weighted by atomic mass is 10.1. The van der Waals surface area contributed by atoms with Crippen LogP contribution in [0.25, 0.3) is 5.53 Å². The number of rotatable bonds is 3. The van der Waals surface area contributed by atoms with E-state index in [2.05, 4.69) is 4.79 Å². The molecular formula is C5H8N2O3P+. The van der Waals surface area contributed by atoms with E-state index in [-0.39, 0.29) is 0 Å². The summed E-state index contributed by atoms with van der Waals surface area (Å²) in [4.78, 5) is 21.8. The Bertz CT molecular complexity index is 242. The normalized spacial score (nSPS) is 10.7. The Morgan fingerprint density at radius 3 is 2.18 bits per heavy atom. The second-order valence-electron chi connectivity index (χ2n) is 2.22. The number of hydrogen-bond donors (Lipinski definition) is 1. The van der Waals surface area contributed by atoms with Crippen LogP contribution in [0.1, 0.15) is 13.8 Å². The lowest BCUT2D eigenvalue weighted by molar-refractivity contribution is -0.119. The standard InChI is InChI=1S/C5H7N2O3P/c1-3(2)4(8)5(7-6)11(9)10/h3H,1-2H3/p+1. The number of nitrogens with zero attached hydrogens (tertiary/aromatic N) is 2. The van der Waals surface area contributed by atoms with Gasteiger partial charge in [0.05, 0.1) is 0 Å². The molecule has 1 N–H and O–H groups in total. The Morgan fingerprint density at radius 2 is 2.09 bits per heavy atom. The van der Waals surface area contributed by atoms with Crippen molar-refractivity contribution in [3.05, 3.63) is 5.53 Å². The van der Waals surface area contributed by atoms with Gasteiger partial charge in [0.1, 0.15) is 0 Å². The summed E-state index contributed by atoms with van der Waals surface area (Å²) in [5.74, 6) is -1.05. The Kier molecular flexibility index (Phi) is 3.76. The van der Waals surface area contributed by atoms with Crippen molar-refractivity contribution in [2.75, 3.05) is 0 Å². The van der Waals surface area contributed by atoms with E-state index >= 15 is 0 Å². The lowest BCUT2D eigenvalue weighted by Crippen LogP contribution is -2.17. The molecule has 1 atom stereocenters. The summed E-state index contributed by atoms with van der Waals surface area (Å²) in [6, 6.07) is 0. The van der Waals surface area contributed by atoms with E-state index in [1.54, 1.807) is 13.8 Å². The van der Waals surface area contributed by atoms with Gasteiger partial charge >= 0.3 is 13.5 Å². The first-order chi connectivity index (χ1) is 5.00. The van der Waals surface area contributed by atoms with Crippen LogP contribution in [-0.2, 0) is 9.36 Å². The highest BCUT2D eigenvalue weighted by atomic mass is 31.1. The van der Waals surface area contributed by atoms with E-state index in [1.165, 1.54) is 0 Å². The van der Waals surface area contributed by atoms with Crippen LogP contribution in [0.4, 0.5) is 0 Å². The van der Waals surface area contributed by atoms with Gasteiger partial charge in [-0.1, -0.05) is 13.8 Å². The molecule has 0 heterocycles. The molecule has 0 rings (SSSR count). The predicted molar refractivity (Wildman–Crippen MR) is 38.3 cm³/mol. The van der Waals surface area contributed by atoms with Gasteiger partial charge in [0.25, 0.3) is 5.78 Å². The van der Waals surface area contributed by atoms with Crippen molar-refractivity contribution in [1.82, 2.24) is 0 Å². The molecule has 0 aromatic heterocycles. The van der Waals surface area contributed by atoms with Crippen LogP contribution >= 0.6 is 8.03 Å². The number of carbonyl (C=O) groups excluding carboxylic acids is 1. The van der Waals surface area contributed by atoms with Crippen molar-refractivity contribution in [1.29, 1.82) is 0 Å². The molecule has 0 saturated carbocycles. The van der Waals surface area contributed by atoms with E-state index in [4.69, 9.17) is 10.4 Å². The molecular weight excluding hydrogens is 167 g/mol. The molecule has 1 unspecified atom stereocenters. The number of Topliss-reactive ketones (excluding diaryl/α,β-unsaturated/α-hetero) is 1. The summed E-state index contributed by atoms with van der Waals surface area (Å²) in [5.41, 5.74) is 7.47. The molecule has 0 aliphatic heterocycles. The summed E-state index contributed by atoms with van der Waals surface area (Å²) >= 11 is 0. The van der Waals surface area contributed by atoms with Crippen molar-refractivity contribution in [2.45, 2.75) is 13.8 Å². The van der Waals surface area contributed by atoms with Crippen molar-refractivity contribution in [3.8, 4) is 0 Å². The molecule has 11 heavy (non-hydrogen) atoms. The molecule has 0 aromatic rings. The average Bonchev–Trinajstić information content (AvgIpc) is 1.88. The van der Waals surface area contributed by atoms with Gasteiger partial charge in [-0.2, -0.15) is 4.89 Å². The largest absolute Gasteiger partial charge is 0.639 e. The van der Waals surface area contributed by atoms with Gasteiger partial charge in [-0.25, -0.2) is 0 Å². The van der Waals surface area contributed by atoms with E-state index < -0.39 is 25.2 Å². The molecule has 0 radical (unpaired) electrons. The SMILES string of the molecule is CC(C)C(=O)C(=[N+]=[N-])[P+](=O)O. The van der Waals surface area contributed by atoms with Gasteiger partial charge in [0, 0.05) is 5.92 Å². The molecule has 60 valence electrons. The summed E-state index contributed by atoms with van der Waals surface area (Å²) in [6.07, 6.45) is 0. The Morgan fingerprint density at radius 1 is 1.64 bits per heavy atom. The first-order valence-corrected chi connectivity index (χ1v) is 4.14. The molecule has 0 bridgehead atoms. The molecule has 0 aromatic carbocycles. The van der Waals surface area contributed by atoms with Gasteiger partial charge in [-0.05, 0) is 4.57 Å². The van der Waals surface area contributed by atoms with Gasteiger partial charge in [-0.3, -0.25) is 4.79 Å². The Hall–Kier alpha value is -0.890. The maximum Gasteiger partial charge on any atom is 0.639 e. The first-order valence-electron chi connectivity index (χ1n) is 2.93. The molecule has 0 spiro atoms. The lowest BCUT2D eigenvalue weighted by Gasteiger charge is -1.88. The minimum absolute atomic E-state index is 0.438. The maximum atomic E-state index is 10.9. The zero-order chi connectivity index (χ0) is 9.02. The molecule has 5 nitrogen and oxygen atoms in total. The third kappa shape index (κ3) is 2.68. The minimum Gasteiger partial charge on any atom is -0.356 e. The summed E-state index contributed by atoms with van der Waals surface area (Å²) in [5, 5.41) is 0. The smallest absolute Gasteiger partial charge is 0.356 e. The van der Waals surface area contributed by atoms with Crippen LogP contribution in [0.15, 0.2) is 0 Å². The van der Waals surface area contributed by atoms with Gasteiger partial charge in [-0.15, -0.1) is 4.79 Å². The molecule has 0 aliphatic carbocycles. The Balaban J connectivity index is 4.70. The van der Waals surface area contributed by atoms with Crippen molar-refractivity contribution >= 4 is 19.3 Å². The summed E-state index contributed by atoms with van der Waals surface area (Å²) < 4.78 is 10.3. The summed E-state index contributed by atoms with van der Waals surface area (Å²) in [7, 11) is -2.84. The highest BCUT2D eigenvalue weighted by Gasteiger charge is 2.42. The second-order valence-corrected chi connectivity index (χ2v) is 3.18. The fraction of sp³-hybridized carbons (Fsp3) is 0.600. The monoisotopic (exact) mass is 175 g/mol. The Labute approximate surface area is 64.5 Å². The predicted octanol–water partition coefficient (Wildman–Crippen LogP) is 0.575. The summed E-state index contributed by atoms with van der Waals surface area (Å²) in [6.45, 7) is 3.10. The van der Waals surface area contributed by atoms with Crippen LogP contribution in [0.2, 0.25) is 0 Å². The zero-order valence-corrected chi connectivity index (χ0v) is 7.08. The number of carbonyl (C=O) groups is 1. The van der Waals surface area contributed by atoms with Gasteiger partial charge in [0.2, 0.25) is 0 Å². The number of hydrogen-bond acceptors (Lipinski definition) is 2. The topological polar surface area (TPSA) is 90.8 Å². The molecule has 0 amide bonds. The molecule has 0 fully saturated rings. The maximum absolute atomic E-state index is 10.9. The quantitative estimate of drug-likeness (QED) is 0.294. The van der Waals surface area contributed by atoms with Crippen LogP contribution in [-0.4, -0.2) is 20.9 Å². The highest BCUT2D eigenvalue weighted by molar-refractivity contribution is 7.61. The number of ketones is 1. The van der Waals surface area contributed by atoms with Crippen molar-refractivity contribution in [2.24, 2.45) is 5.92 Å². The van der Waals surface area contributed by atoms with Crippen LogP contribution in [0, 0.1) is 5.92 Å². The first kappa shape index (κ1) is 10.1. The minimum atomic E-state index is -2.84. The molecule has 6 heteroatoms. The van der Waals surface area contributed by atoms with E-state index in [1.807, 2.05) is 0 Å². The fourth-order valence-corrected chi connectivity index (χ4v) is 0.963. The molecule has 0 saturated heterocycles. The average molecular weight is 175 g/mol. The third-order valence-electron chi connectivity index (χ3n) is 1.02.